The van der Waals surface area contributed by atoms with E-state index in [-0.39, 0.29) is 0 Å². The number of hydrogen-bond acceptors (Lipinski definition) is 6. The Morgan fingerprint density at radius 3 is 1.20 bits per heavy atom. The summed E-state index contributed by atoms with van der Waals surface area (Å²) < 4.78 is 4.42. The van der Waals surface area contributed by atoms with Gasteiger partial charge in [0.15, 0.2) is 0 Å². The van der Waals surface area contributed by atoms with Crippen molar-refractivity contribution in [3.8, 4) is 0 Å². The van der Waals surface area contributed by atoms with E-state index >= 15 is 0 Å². The monoisotopic (exact) mass is 1180 g/mol. The highest BCUT2D eigenvalue weighted by molar-refractivity contribution is 9.11. The van der Waals surface area contributed by atoms with Gasteiger partial charge in [-0.3, -0.25) is 19.3 Å². The van der Waals surface area contributed by atoms with Gasteiger partial charge in [0.05, 0.1) is 17.1 Å². The van der Waals surface area contributed by atoms with Gasteiger partial charge in [-0.2, -0.15) is 0 Å². The number of carbonyl (C=O) groups is 5. The first-order valence-electron chi connectivity index (χ1n) is 19.6. The summed E-state index contributed by atoms with van der Waals surface area (Å²) in [6.07, 6.45) is 0. The molecule has 2 aliphatic rings. The van der Waals surface area contributed by atoms with Crippen molar-refractivity contribution < 1.29 is 29.1 Å². The molecule has 2 fully saturated rings. The van der Waals surface area contributed by atoms with Gasteiger partial charge in [-0.25, -0.2) is 24.3 Å². The molecule has 0 bridgehead atoms. The molecule has 1 atom stereocenters. The minimum absolute atomic E-state index is 0.344. The molecular weight excluding hydrogens is 1150 g/mol. The van der Waals surface area contributed by atoms with Gasteiger partial charge in [-0.15, -0.1) is 0 Å². The van der Waals surface area contributed by atoms with Crippen LogP contribution in [0.25, 0.3) is 21.5 Å². The highest BCUT2D eigenvalue weighted by Crippen LogP contribution is 2.43. The van der Waals surface area contributed by atoms with E-state index in [0.717, 1.165) is 47.3 Å². The van der Waals surface area contributed by atoms with Gasteiger partial charge in [0.1, 0.15) is 0 Å². The highest BCUT2D eigenvalue weighted by atomic mass is 79.9. The number of halogens is 5. The molecule has 8 aromatic carbocycles. The van der Waals surface area contributed by atoms with Gasteiger partial charge in [-0.05, 0) is 125 Å². The Morgan fingerprint density at radius 1 is 0.369 bits per heavy atom. The van der Waals surface area contributed by atoms with Crippen molar-refractivity contribution in [2.75, 3.05) is 19.6 Å². The Bertz CT molecular complexity index is 3060. The van der Waals surface area contributed by atoms with Crippen LogP contribution in [0.15, 0.2) is 204 Å². The fraction of sp³-hybridized carbons (Fsp3) is 0.0200. The summed E-state index contributed by atoms with van der Waals surface area (Å²) in [6.45, 7) is 0. The Morgan fingerprint density at radius 2 is 0.738 bits per heavy atom. The van der Waals surface area contributed by atoms with E-state index < -0.39 is 35.5 Å². The maximum atomic E-state index is 13.8. The topological polar surface area (TPSA) is 119 Å². The lowest BCUT2D eigenvalue weighted by Crippen LogP contribution is -2.47. The van der Waals surface area contributed by atoms with Crippen molar-refractivity contribution in [3.63, 3.8) is 0 Å². The second-order valence-corrected chi connectivity index (χ2v) is 18.9. The van der Waals surface area contributed by atoms with Gasteiger partial charge in [0, 0.05) is 33.6 Å². The van der Waals surface area contributed by atoms with Crippen LogP contribution in [0.1, 0.15) is 5.56 Å². The van der Waals surface area contributed by atoms with E-state index in [1.165, 1.54) is 10.8 Å². The van der Waals surface area contributed by atoms with Crippen molar-refractivity contribution in [2.45, 2.75) is 5.72 Å². The summed E-state index contributed by atoms with van der Waals surface area (Å²) in [5.74, 6) is -2.46. The highest BCUT2D eigenvalue weighted by Gasteiger charge is 2.59. The van der Waals surface area contributed by atoms with Crippen molar-refractivity contribution in [3.05, 3.63) is 210 Å². The molecule has 7 amide bonds. The first kappa shape index (κ1) is 45.7. The maximum absolute atomic E-state index is 13.8. The first-order valence-corrected chi connectivity index (χ1v) is 23.5. The number of amides is 7. The Hall–Kier alpha value is -5.81. The summed E-state index contributed by atoms with van der Waals surface area (Å²) in [5, 5.41) is 16.2. The lowest BCUT2D eigenvalue weighted by molar-refractivity contribution is -0.133. The van der Waals surface area contributed by atoms with E-state index in [1.807, 2.05) is 42.5 Å². The molecule has 2 aliphatic heterocycles. The van der Waals surface area contributed by atoms with Crippen LogP contribution in [0.4, 0.5) is 32.3 Å². The van der Waals surface area contributed by atoms with Crippen LogP contribution in [-0.4, -0.2) is 34.9 Å². The van der Waals surface area contributed by atoms with E-state index in [2.05, 4.69) is 110 Å². The molecule has 2 saturated heterocycles. The van der Waals surface area contributed by atoms with Gasteiger partial charge < -0.3 is 5.11 Å². The molecular formula is C50H31Br5N4O6. The first-order chi connectivity index (χ1) is 31.3. The average molecular weight is 1180 g/mol. The smallest absolute Gasteiger partial charge is 0.343 e. The normalized spacial score (nSPS) is 15.9. The molecule has 0 radical (unpaired) electrons. The zero-order chi connectivity index (χ0) is 46.0. The fourth-order valence-corrected chi connectivity index (χ4v) is 8.90. The molecule has 15 heteroatoms. The quantitative estimate of drug-likeness (QED) is 0.135. The maximum Gasteiger partial charge on any atom is 0.343 e. The molecule has 10 nitrogen and oxygen atoms in total. The molecule has 0 spiro atoms. The lowest BCUT2D eigenvalue weighted by Gasteiger charge is -2.31. The predicted octanol–water partition coefficient (Wildman–Crippen LogP) is 13.5. The molecule has 10 rings (SSSR count). The van der Waals surface area contributed by atoms with Gasteiger partial charge in [-0.1, -0.05) is 159 Å². The number of benzene rings is 8. The van der Waals surface area contributed by atoms with Crippen LogP contribution in [0.3, 0.4) is 0 Å². The number of fused-ring (bicyclic) bond motifs is 2. The summed E-state index contributed by atoms with van der Waals surface area (Å²) in [5.41, 5.74) is -0.393. The molecule has 0 saturated carbocycles. The average Bonchev–Trinajstić information content (AvgIpc) is 3.66. The zero-order valence-electron chi connectivity index (χ0n) is 33.5. The SMILES string of the molecule is Brc1cccc2ccccc12.O=C1C(=O)N(c2ccc(Br)cc2)C(=O)N1c1ccc(Br)cc1.O=C1N(c2ccc(Br)cc2)C(=O)C(O)(c2cccc3ccccc23)N1c1ccc(Br)cc1. The lowest BCUT2D eigenvalue weighted by atomic mass is 9.94. The van der Waals surface area contributed by atoms with Gasteiger partial charge in [0.25, 0.3) is 11.6 Å². The third-order valence-corrected chi connectivity index (χ3v) is 13.2. The second-order valence-electron chi connectivity index (χ2n) is 14.4. The summed E-state index contributed by atoms with van der Waals surface area (Å²) in [7, 11) is 0. The Kier molecular flexibility index (Phi) is 13.6. The van der Waals surface area contributed by atoms with E-state index in [1.54, 1.807) is 109 Å². The van der Waals surface area contributed by atoms with Crippen molar-refractivity contribution in [1.82, 2.24) is 0 Å². The van der Waals surface area contributed by atoms with Crippen LogP contribution < -0.4 is 19.6 Å². The fourth-order valence-electron chi connectivity index (χ4n) is 7.33. The number of anilines is 4. The number of imide groups is 3. The van der Waals surface area contributed by atoms with Crippen molar-refractivity contribution in [2.24, 2.45) is 0 Å². The van der Waals surface area contributed by atoms with Crippen LogP contribution in [0, 0.1) is 0 Å². The third-order valence-electron chi connectivity index (χ3n) is 10.4. The Labute approximate surface area is 414 Å². The Balaban J connectivity index is 0.000000150. The molecule has 1 N–H and O–H groups in total. The van der Waals surface area contributed by atoms with Crippen molar-refractivity contribution >= 4 is 154 Å². The number of hydrogen-bond donors (Lipinski definition) is 1. The van der Waals surface area contributed by atoms with E-state index in [4.69, 9.17) is 0 Å². The third kappa shape index (κ3) is 9.09. The number of urea groups is 2. The minimum Gasteiger partial charge on any atom is -0.359 e. The van der Waals surface area contributed by atoms with Crippen LogP contribution in [-0.2, 0) is 20.1 Å². The van der Waals surface area contributed by atoms with E-state index in [0.29, 0.717) is 33.7 Å². The van der Waals surface area contributed by atoms with Gasteiger partial charge in [0.2, 0.25) is 0 Å². The summed E-state index contributed by atoms with van der Waals surface area (Å²) in [6, 6.07) is 52.9. The van der Waals surface area contributed by atoms with Crippen LogP contribution in [0.5, 0.6) is 0 Å². The summed E-state index contributed by atoms with van der Waals surface area (Å²) >= 11 is 16.8. The molecule has 65 heavy (non-hydrogen) atoms. The standard InChI is InChI=1S/C25H16Br2N2O3.C15H8Br2N2O3.C10H7Br/c26-17-8-12-19(13-9-17)28-23(30)25(32,22-7-3-5-16-4-1-2-6-21(16)22)29(24(28)31)20-14-10-18(27)11-15-20;16-9-1-5-11(6-2-9)18-13(20)14(21)19(15(18)22)12-7-3-10(17)4-8-12;11-10-7-3-5-8-4-1-2-6-9(8)10/h1-15,32H;1-8H;1-7H. The number of carbonyl (C=O) groups excluding carboxylic acids is 5. The van der Waals surface area contributed by atoms with Crippen LogP contribution in [0.2, 0.25) is 0 Å². The molecule has 322 valence electrons. The zero-order valence-corrected chi connectivity index (χ0v) is 41.4. The van der Waals surface area contributed by atoms with Gasteiger partial charge >= 0.3 is 23.9 Å². The number of aliphatic hydroxyl groups is 1. The molecule has 0 aromatic heterocycles. The predicted molar refractivity (Wildman–Crippen MR) is 272 cm³/mol. The largest absolute Gasteiger partial charge is 0.359 e. The molecule has 2 heterocycles. The summed E-state index contributed by atoms with van der Waals surface area (Å²) in [4.78, 5) is 68.2. The second kappa shape index (κ2) is 19.3. The number of nitrogens with zero attached hydrogens (tertiary/aromatic N) is 4. The van der Waals surface area contributed by atoms with Crippen LogP contribution >= 0.6 is 79.6 Å². The number of rotatable bonds is 5. The minimum atomic E-state index is -2.22. The molecule has 0 aliphatic carbocycles. The molecule has 8 aromatic rings. The van der Waals surface area contributed by atoms with Crippen molar-refractivity contribution in [1.29, 1.82) is 0 Å². The molecule has 1 unspecified atom stereocenters. The van der Waals surface area contributed by atoms with E-state index in [9.17, 15) is 29.1 Å².